The van der Waals surface area contributed by atoms with Crippen LogP contribution in [-0.2, 0) is 6.54 Å². The molecule has 0 saturated carbocycles. The van der Waals surface area contributed by atoms with Gasteiger partial charge >= 0.3 is 0 Å². The molecule has 6 heteroatoms. The molecule has 0 bridgehead atoms. The highest BCUT2D eigenvalue weighted by Crippen LogP contribution is 2.20. The zero-order chi connectivity index (χ0) is 13.1. The highest BCUT2D eigenvalue weighted by molar-refractivity contribution is 9.10. The topological polar surface area (TPSA) is 46.9 Å². The summed E-state index contributed by atoms with van der Waals surface area (Å²) in [6.07, 6.45) is 3.34. The number of carbonyl (C=O) groups is 1. The van der Waals surface area contributed by atoms with Crippen LogP contribution in [0.1, 0.15) is 17.4 Å². The molecule has 0 fully saturated rings. The molecule has 2 aromatic rings. The third kappa shape index (κ3) is 2.73. The molecule has 2 heterocycles. The van der Waals surface area contributed by atoms with E-state index in [9.17, 15) is 4.79 Å². The van der Waals surface area contributed by atoms with E-state index in [1.54, 1.807) is 29.1 Å². The first-order valence-electron chi connectivity index (χ1n) is 5.39. The van der Waals surface area contributed by atoms with Gasteiger partial charge < -0.3 is 9.88 Å². The van der Waals surface area contributed by atoms with Crippen molar-refractivity contribution >= 4 is 39.3 Å². The Morgan fingerprint density at radius 2 is 2.39 bits per heavy atom. The Kier molecular flexibility index (Phi) is 4.04. The van der Waals surface area contributed by atoms with Gasteiger partial charge in [-0.2, -0.15) is 0 Å². The molecule has 0 radical (unpaired) electrons. The van der Waals surface area contributed by atoms with Crippen molar-refractivity contribution in [2.75, 3.05) is 5.32 Å². The van der Waals surface area contributed by atoms with Crippen LogP contribution in [0.3, 0.4) is 0 Å². The number of halogens is 2. The summed E-state index contributed by atoms with van der Waals surface area (Å²) in [6.45, 7) is 2.63. The number of amides is 1. The highest BCUT2D eigenvalue weighted by Gasteiger charge is 2.14. The summed E-state index contributed by atoms with van der Waals surface area (Å²) >= 11 is 9.22. The van der Waals surface area contributed by atoms with E-state index in [2.05, 4.69) is 26.2 Å². The number of nitrogens with one attached hydrogen (secondary N) is 1. The smallest absolute Gasteiger partial charge is 0.273 e. The normalized spacial score (nSPS) is 10.4. The van der Waals surface area contributed by atoms with Crippen molar-refractivity contribution in [1.82, 2.24) is 9.55 Å². The Hall–Kier alpha value is -1.33. The number of hydrogen-bond acceptors (Lipinski definition) is 2. The van der Waals surface area contributed by atoms with Crippen LogP contribution in [0.25, 0.3) is 0 Å². The molecular weight excluding hydrogens is 318 g/mol. The highest BCUT2D eigenvalue weighted by atomic mass is 79.9. The van der Waals surface area contributed by atoms with Crippen molar-refractivity contribution in [3.63, 3.8) is 0 Å². The SMILES string of the molecule is CCn1cc(Cl)cc1C(=O)Nc1ncccc1Br. The molecule has 94 valence electrons. The Morgan fingerprint density at radius 3 is 3.06 bits per heavy atom. The van der Waals surface area contributed by atoms with Crippen molar-refractivity contribution < 1.29 is 4.79 Å². The van der Waals surface area contributed by atoms with Crippen LogP contribution in [0.15, 0.2) is 35.1 Å². The number of carbonyl (C=O) groups excluding carboxylic acids is 1. The largest absolute Gasteiger partial charge is 0.342 e. The Labute approximate surface area is 118 Å². The zero-order valence-electron chi connectivity index (χ0n) is 9.65. The maximum atomic E-state index is 12.1. The Morgan fingerprint density at radius 1 is 1.61 bits per heavy atom. The van der Waals surface area contributed by atoms with Crippen molar-refractivity contribution in [2.24, 2.45) is 0 Å². The molecular formula is C12H11BrClN3O. The molecule has 0 unspecified atom stereocenters. The summed E-state index contributed by atoms with van der Waals surface area (Å²) < 4.78 is 2.52. The molecule has 0 aliphatic carbocycles. The first-order chi connectivity index (χ1) is 8.61. The zero-order valence-corrected chi connectivity index (χ0v) is 12.0. The van der Waals surface area contributed by atoms with Crippen LogP contribution in [0.4, 0.5) is 5.82 Å². The third-order valence-corrected chi connectivity index (χ3v) is 3.27. The molecule has 0 atom stereocenters. The number of aryl methyl sites for hydroxylation is 1. The van der Waals surface area contributed by atoms with Gasteiger partial charge in [0, 0.05) is 18.9 Å². The van der Waals surface area contributed by atoms with Gasteiger partial charge in [0.25, 0.3) is 5.91 Å². The van der Waals surface area contributed by atoms with E-state index in [0.29, 0.717) is 23.1 Å². The number of pyridine rings is 1. The van der Waals surface area contributed by atoms with Gasteiger partial charge in [-0.15, -0.1) is 0 Å². The van der Waals surface area contributed by atoms with Gasteiger partial charge in [0.15, 0.2) is 0 Å². The van der Waals surface area contributed by atoms with Crippen LogP contribution in [0.2, 0.25) is 5.02 Å². The quantitative estimate of drug-likeness (QED) is 0.936. The molecule has 1 N–H and O–H groups in total. The lowest BCUT2D eigenvalue weighted by molar-refractivity contribution is 0.101. The van der Waals surface area contributed by atoms with Crippen LogP contribution in [0, 0.1) is 0 Å². The van der Waals surface area contributed by atoms with Crippen molar-refractivity contribution in [3.05, 3.63) is 45.8 Å². The average Bonchev–Trinajstić information content (AvgIpc) is 2.73. The standard InChI is InChI=1S/C12H11BrClN3O/c1-2-17-7-8(14)6-10(17)12(18)16-11-9(13)4-3-5-15-11/h3-7H,2H2,1H3,(H,15,16,18). The molecule has 1 amide bonds. The number of aromatic nitrogens is 2. The van der Waals surface area contributed by atoms with Crippen LogP contribution in [0.5, 0.6) is 0 Å². The van der Waals surface area contributed by atoms with E-state index >= 15 is 0 Å². The lowest BCUT2D eigenvalue weighted by Gasteiger charge is -2.08. The first-order valence-corrected chi connectivity index (χ1v) is 6.56. The Bertz CT molecular complexity index is 582. The van der Waals surface area contributed by atoms with E-state index in [4.69, 9.17) is 11.6 Å². The fourth-order valence-electron chi connectivity index (χ4n) is 1.58. The molecule has 4 nitrogen and oxygen atoms in total. The van der Waals surface area contributed by atoms with Crippen molar-refractivity contribution in [1.29, 1.82) is 0 Å². The van der Waals surface area contributed by atoms with Crippen LogP contribution < -0.4 is 5.32 Å². The predicted molar refractivity (Wildman–Crippen MR) is 75.0 cm³/mol. The van der Waals surface area contributed by atoms with Crippen molar-refractivity contribution in [2.45, 2.75) is 13.5 Å². The lowest BCUT2D eigenvalue weighted by Crippen LogP contribution is -2.17. The van der Waals surface area contributed by atoms with Gasteiger partial charge in [-0.05, 0) is 41.1 Å². The molecule has 2 rings (SSSR count). The summed E-state index contributed by atoms with van der Waals surface area (Å²) in [4.78, 5) is 16.2. The van der Waals surface area contributed by atoms with Gasteiger partial charge in [-0.3, -0.25) is 4.79 Å². The second-order valence-corrected chi connectivity index (χ2v) is 4.91. The summed E-state index contributed by atoms with van der Waals surface area (Å²) in [5, 5.41) is 3.28. The average molecular weight is 329 g/mol. The maximum absolute atomic E-state index is 12.1. The van der Waals surface area contributed by atoms with Gasteiger partial charge in [0.05, 0.1) is 9.50 Å². The number of anilines is 1. The molecule has 18 heavy (non-hydrogen) atoms. The Balaban J connectivity index is 2.25. The first kappa shape index (κ1) is 13.1. The number of hydrogen-bond donors (Lipinski definition) is 1. The second-order valence-electron chi connectivity index (χ2n) is 3.62. The summed E-state index contributed by atoms with van der Waals surface area (Å²) in [5.74, 6) is 0.255. The van der Waals surface area contributed by atoms with Gasteiger partial charge in [-0.1, -0.05) is 11.6 Å². The molecule has 0 saturated heterocycles. The summed E-state index contributed by atoms with van der Waals surface area (Å²) in [6, 6.07) is 5.23. The number of nitrogens with zero attached hydrogens (tertiary/aromatic N) is 2. The fourth-order valence-corrected chi connectivity index (χ4v) is 2.15. The minimum Gasteiger partial charge on any atom is -0.342 e. The van der Waals surface area contributed by atoms with E-state index in [0.717, 1.165) is 4.47 Å². The minimum atomic E-state index is -0.233. The monoisotopic (exact) mass is 327 g/mol. The molecule has 0 spiro atoms. The van der Waals surface area contributed by atoms with Crippen LogP contribution in [-0.4, -0.2) is 15.5 Å². The summed E-state index contributed by atoms with van der Waals surface area (Å²) in [7, 11) is 0. The minimum absolute atomic E-state index is 0.233. The van der Waals surface area contributed by atoms with Gasteiger partial charge in [-0.25, -0.2) is 4.98 Å². The molecule has 0 aliphatic heterocycles. The molecule has 0 aliphatic rings. The van der Waals surface area contributed by atoms with E-state index in [1.165, 1.54) is 0 Å². The number of rotatable bonds is 3. The van der Waals surface area contributed by atoms with Gasteiger partial charge in [0.2, 0.25) is 0 Å². The third-order valence-electron chi connectivity index (χ3n) is 2.43. The molecule has 2 aromatic heterocycles. The fraction of sp³-hybridized carbons (Fsp3) is 0.167. The second kappa shape index (κ2) is 5.54. The summed E-state index contributed by atoms with van der Waals surface area (Å²) in [5.41, 5.74) is 0.514. The van der Waals surface area contributed by atoms with E-state index in [1.807, 2.05) is 13.0 Å². The lowest BCUT2D eigenvalue weighted by atomic mass is 10.4. The van der Waals surface area contributed by atoms with E-state index < -0.39 is 0 Å². The molecule has 0 aromatic carbocycles. The maximum Gasteiger partial charge on any atom is 0.273 e. The van der Waals surface area contributed by atoms with Gasteiger partial charge in [0.1, 0.15) is 11.5 Å². The predicted octanol–water partition coefficient (Wildman–Crippen LogP) is 3.57. The van der Waals surface area contributed by atoms with Crippen molar-refractivity contribution in [3.8, 4) is 0 Å². The van der Waals surface area contributed by atoms with Crippen LogP contribution >= 0.6 is 27.5 Å². The van der Waals surface area contributed by atoms with E-state index in [-0.39, 0.29) is 5.91 Å².